The molecule has 0 spiro atoms. The number of nitrogens with one attached hydrogen (secondary N) is 1. The Bertz CT molecular complexity index is 634. The molecule has 0 aliphatic heterocycles. The minimum Gasteiger partial charge on any atom is -0.357 e. The van der Waals surface area contributed by atoms with E-state index >= 15 is 0 Å². The minimum atomic E-state index is 0. The first-order valence-electron chi connectivity index (χ1n) is 7.82. The summed E-state index contributed by atoms with van der Waals surface area (Å²) in [5, 5.41) is 4.11. The van der Waals surface area contributed by atoms with Crippen LogP contribution in [0.25, 0.3) is 0 Å². The predicted octanol–water partition coefficient (Wildman–Crippen LogP) is 3.99. The van der Waals surface area contributed by atoms with E-state index in [-0.39, 0.29) is 24.0 Å². The van der Waals surface area contributed by atoms with Crippen molar-refractivity contribution in [3.8, 4) is 0 Å². The zero-order valence-electron chi connectivity index (χ0n) is 14.1. The Morgan fingerprint density at radius 1 is 1.25 bits per heavy atom. The largest absolute Gasteiger partial charge is 0.357 e. The molecule has 0 saturated heterocycles. The number of benzene rings is 1. The number of hydrogen-bond acceptors (Lipinski definition) is 2. The van der Waals surface area contributed by atoms with E-state index in [1.165, 1.54) is 5.56 Å². The van der Waals surface area contributed by atoms with Crippen molar-refractivity contribution >= 4 is 41.5 Å². The van der Waals surface area contributed by atoms with E-state index in [0.29, 0.717) is 0 Å². The molecule has 1 N–H and O–H groups in total. The van der Waals surface area contributed by atoms with E-state index in [1.807, 2.05) is 43.6 Å². The fraction of sp³-hybridized carbons (Fsp3) is 0.333. The molecule has 0 saturated carbocycles. The van der Waals surface area contributed by atoms with Gasteiger partial charge in [0.25, 0.3) is 0 Å². The molecule has 0 radical (unpaired) electrons. The molecule has 130 valence electrons. The molecule has 0 atom stereocenters. The number of pyridine rings is 1. The molecule has 0 aliphatic carbocycles. The zero-order valence-corrected chi connectivity index (χ0v) is 17.2. The maximum atomic E-state index is 6.24. The molecular formula is C18H24ClIN4. The summed E-state index contributed by atoms with van der Waals surface area (Å²) >= 11 is 6.24. The van der Waals surface area contributed by atoms with Gasteiger partial charge in [-0.05, 0) is 36.6 Å². The molecule has 1 heterocycles. The number of aliphatic imine (C=N–C) groups is 1. The van der Waals surface area contributed by atoms with Crippen LogP contribution >= 0.6 is 35.6 Å². The highest BCUT2D eigenvalue weighted by atomic mass is 127. The molecule has 0 unspecified atom stereocenters. The third kappa shape index (κ3) is 6.65. The van der Waals surface area contributed by atoms with Gasteiger partial charge in [-0.2, -0.15) is 0 Å². The Hall–Kier alpha value is -1.34. The van der Waals surface area contributed by atoms with Crippen molar-refractivity contribution in [2.24, 2.45) is 4.99 Å². The number of hydrogen-bond donors (Lipinski definition) is 1. The van der Waals surface area contributed by atoms with Crippen molar-refractivity contribution in [3.05, 3.63) is 64.9 Å². The van der Waals surface area contributed by atoms with Gasteiger partial charge in [0.05, 0.1) is 0 Å². The maximum absolute atomic E-state index is 6.24. The molecule has 24 heavy (non-hydrogen) atoms. The molecular weight excluding hydrogens is 435 g/mol. The molecule has 1 aromatic carbocycles. The van der Waals surface area contributed by atoms with Gasteiger partial charge in [-0.3, -0.25) is 9.98 Å². The van der Waals surface area contributed by atoms with Gasteiger partial charge < -0.3 is 10.2 Å². The minimum absolute atomic E-state index is 0. The predicted molar refractivity (Wildman–Crippen MR) is 112 cm³/mol. The second-order valence-corrected chi connectivity index (χ2v) is 5.70. The molecule has 4 nitrogen and oxygen atoms in total. The van der Waals surface area contributed by atoms with Crippen LogP contribution in [0, 0.1) is 0 Å². The van der Waals surface area contributed by atoms with Crippen molar-refractivity contribution in [2.45, 2.75) is 19.9 Å². The molecule has 6 heteroatoms. The van der Waals surface area contributed by atoms with Crippen LogP contribution in [-0.2, 0) is 13.0 Å². The van der Waals surface area contributed by atoms with Gasteiger partial charge in [0.1, 0.15) is 0 Å². The van der Waals surface area contributed by atoms with Gasteiger partial charge >= 0.3 is 0 Å². The molecule has 2 rings (SSSR count). The van der Waals surface area contributed by atoms with Crippen LogP contribution in [-0.4, -0.2) is 36.0 Å². The number of rotatable bonds is 6. The Balaban J connectivity index is 0.00000288. The molecule has 0 fully saturated rings. The van der Waals surface area contributed by atoms with Gasteiger partial charge in [0, 0.05) is 44.1 Å². The maximum Gasteiger partial charge on any atom is 0.193 e. The first-order valence-corrected chi connectivity index (χ1v) is 8.20. The van der Waals surface area contributed by atoms with E-state index in [9.17, 15) is 0 Å². The van der Waals surface area contributed by atoms with E-state index < -0.39 is 0 Å². The average molecular weight is 459 g/mol. The summed E-state index contributed by atoms with van der Waals surface area (Å²) in [6.07, 6.45) is 4.55. The summed E-state index contributed by atoms with van der Waals surface area (Å²) in [5.41, 5.74) is 2.29. The summed E-state index contributed by atoms with van der Waals surface area (Å²) in [6, 6.07) is 11.9. The van der Waals surface area contributed by atoms with E-state index in [0.717, 1.165) is 42.6 Å². The lowest BCUT2D eigenvalue weighted by Crippen LogP contribution is -2.38. The van der Waals surface area contributed by atoms with Crippen LogP contribution in [0.15, 0.2) is 53.8 Å². The van der Waals surface area contributed by atoms with Crippen LogP contribution in [0.4, 0.5) is 0 Å². The Labute approximate surface area is 166 Å². The second kappa shape index (κ2) is 11.3. The highest BCUT2D eigenvalue weighted by Gasteiger charge is 2.08. The van der Waals surface area contributed by atoms with Gasteiger partial charge in [-0.15, -0.1) is 24.0 Å². The van der Waals surface area contributed by atoms with E-state index in [4.69, 9.17) is 16.6 Å². The Kier molecular flexibility index (Phi) is 9.71. The van der Waals surface area contributed by atoms with Crippen molar-refractivity contribution < 1.29 is 0 Å². The van der Waals surface area contributed by atoms with Gasteiger partial charge in [0.15, 0.2) is 5.96 Å². The summed E-state index contributed by atoms with van der Waals surface area (Å²) in [7, 11) is 2.02. The SMILES string of the molecule is CCNC(=NCCc1cccnc1)N(C)Cc1ccccc1Cl.I. The molecule has 1 aromatic heterocycles. The van der Waals surface area contributed by atoms with Crippen LogP contribution in [0.1, 0.15) is 18.1 Å². The summed E-state index contributed by atoms with van der Waals surface area (Å²) in [4.78, 5) is 10.9. The van der Waals surface area contributed by atoms with Crippen molar-refractivity contribution in [2.75, 3.05) is 20.1 Å². The molecule has 0 bridgehead atoms. The smallest absolute Gasteiger partial charge is 0.193 e. The van der Waals surface area contributed by atoms with E-state index in [2.05, 4.69) is 28.2 Å². The Morgan fingerprint density at radius 2 is 2.04 bits per heavy atom. The Morgan fingerprint density at radius 3 is 2.71 bits per heavy atom. The number of nitrogens with zero attached hydrogens (tertiary/aromatic N) is 3. The van der Waals surface area contributed by atoms with Gasteiger partial charge in [0.2, 0.25) is 0 Å². The lowest BCUT2D eigenvalue weighted by atomic mass is 10.2. The molecule has 2 aromatic rings. The second-order valence-electron chi connectivity index (χ2n) is 5.29. The van der Waals surface area contributed by atoms with Gasteiger partial charge in [-0.25, -0.2) is 0 Å². The lowest BCUT2D eigenvalue weighted by Gasteiger charge is -2.22. The first-order chi connectivity index (χ1) is 11.2. The monoisotopic (exact) mass is 458 g/mol. The van der Waals surface area contributed by atoms with Crippen molar-refractivity contribution in [3.63, 3.8) is 0 Å². The number of guanidine groups is 1. The topological polar surface area (TPSA) is 40.5 Å². The fourth-order valence-electron chi connectivity index (χ4n) is 2.26. The quantitative estimate of drug-likeness (QED) is 0.404. The zero-order chi connectivity index (χ0) is 16.5. The standard InChI is InChI=1S/C18H23ClN4.HI/c1-3-21-18(22-12-10-15-7-6-11-20-13-15)23(2)14-16-8-4-5-9-17(16)19;/h4-9,11,13H,3,10,12,14H2,1-2H3,(H,21,22);1H. The summed E-state index contributed by atoms with van der Waals surface area (Å²) in [6.45, 7) is 4.35. The van der Waals surface area contributed by atoms with Gasteiger partial charge in [-0.1, -0.05) is 35.9 Å². The van der Waals surface area contributed by atoms with Crippen LogP contribution < -0.4 is 5.32 Å². The average Bonchev–Trinajstić information content (AvgIpc) is 2.57. The van der Waals surface area contributed by atoms with Crippen molar-refractivity contribution in [1.29, 1.82) is 0 Å². The molecule has 0 amide bonds. The normalized spacial score (nSPS) is 10.9. The third-order valence-electron chi connectivity index (χ3n) is 3.45. The van der Waals surface area contributed by atoms with Crippen LogP contribution in [0.2, 0.25) is 5.02 Å². The van der Waals surface area contributed by atoms with Crippen molar-refractivity contribution in [1.82, 2.24) is 15.2 Å². The van der Waals surface area contributed by atoms with Crippen LogP contribution in [0.5, 0.6) is 0 Å². The highest BCUT2D eigenvalue weighted by molar-refractivity contribution is 14.0. The molecule has 0 aliphatic rings. The summed E-state index contributed by atoms with van der Waals surface area (Å²) < 4.78 is 0. The number of aromatic nitrogens is 1. The summed E-state index contributed by atoms with van der Waals surface area (Å²) in [5.74, 6) is 0.885. The fourth-order valence-corrected chi connectivity index (χ4v) is 2.46. The highest BCUT2D eigenvalue weighted by Crippen LogP contribution is 2.16. The first kappa shape index (κ1) is 20.7. The number of halogens is 2. The van der Waals surface area contributed by atoms with E-state index in [1.54, 1.807) is 6.20 Å². The third-order valence-corrected chi connectivity index (χ3v) is 3.82. The van der Waals surface area contributed by atoms with Crippen LogP contribution in [0.3, 0.4) is 0 Å². The lowest BCUT2D eigenvalue weighted by molar-refractivity contribution is 0.477.